The molecule has 0 saturated carbocycles. The quantitative estimate of drug-likeness (QED) is 0.863. The van der Waals surface area contributed by atoms with E-state index >= 15 is 0 Å². The summed E-state index contributed by atoms with van der Waals surface area (Å²) in [5, 5.41) is 4.70. The standard InChI is InChI=1S/C7H6F3NO4S2/c8-7(9,10)16(12,13)5-1-3-6(4-2-5)17(11,14)15/h1-4H,(H2,11,14,15). The van der Waals surface area contributed by atoms with Crippen LogP contribution in [0.4, 0.5) is 13.2 Å². The van der Waals surface area contributed by atoms with Crippen molar-refractivity contribution in [1.82, 2.24) is 0 Å². The van der Waals surface area contributed by atoms with Gasteiger partial charge < -0.3 is 0 Å². The highest BCUT2D eigenvalue weighted by molar-refractivity contribution is 7.92. The second-order valence-corrected chi connectivity index (χ2v) is 6.47. The Morgan fingerprint density at radius 2 is 1.24 bits per heavy atom. The van der Waals surface area contributed by atoms with E-state index in [2.05, 4.69) is 0 Å². The van der Waals surface area contributed by atoms with Gasteiger partial charge in [-0.05, 0) is 24.3 Å². The maximum atomic E-state index is 12.1. The first-order valence-electron chi connectivity index (χ1n) is 3.90. The zero-order valence-corrected chi connectivity index (χ0v) is 9.60. The van der Waals surface area contributed by atoms with Gasteiger partial charge in [-0.15, -0.1) is 0 Å². The third-order valence-electron chi connectivity index (χ3n) is 1.77. The Labute approximate surface area is 95.0 Å². The summed E-state index contributed by atoms with van der Waals surface area (Å²) in [6, 6.07) is 2.44. The van der Waals surface area contributed by atoms with E-state index in [1.807, 2.05) is 0 Å². The van der Waals surface area contributed by atoms with Crippen LogP contribution in [0.15, 0.2) is 34.1 Å². The fourth-order valence-corrected chi connectivity index (χ4v) is 2.22. The molecule has 0 heterocycles. The van der Waals surface area contributed by atoms with Gasteiger partial charge in [0.15, 0.2) is 0 Å². The third kappa shape index (κ3) is 2.76. The van der Waals surface area contributed by atoms with Crippen molar-refractivity contribution in [3.05, 3.63) is 24.3 Å². The van der Waals surface area contributed by atoms with Gasteiger partial charge in [-0.2, -0.15) is 13.2 Å². The molecule has 0 atom stereocenters. The fraction of sp³-hybridized carbons (Fsp3) is 0.143. The molecule has 0 amide bonds. The lowest BCUT2D eigenvalue weighted by atomic mass is 10.4. The van der Waals surface area contributed by atoms with E-state index in [1.54, 1.807) is 0 Å². The molecule has 0 unspecified atom stereocenters. The second-order valence-electron chi connectivity index (χ2n) is 2.97. The van der Waals surface area contributed by atoms with Gasteiger partial charge in [-0.1, -0.05) is 0 Å². The molecular formula is C7H6F3NO4S2. The SMILES string of the molecule is NS(=O)(=O)c1ccc(S(=O)(=O)C(F)(F)F)cc1. The molecule has 10 heteroatoms. The summed E-state index contributed by atoms with van der Waals surface area (Å²) >= 11 is 0. The Bertz CT molecular complexity index is 616. The lowest BCUT2D eigenvalue weighted by Gasteiger charge is -2.08. The molecule has 0 aliphatic heterocycles. The lowest BCUT2D eigenvalue weighted by Crippen LogP contribution is -2.23. The molecule has 1 rings (SSSR count). The first kappa shape index (κ1) is 13.9. The molecule has 0 aromatic heterocycles. The van der Waals surface area contributed by atoms with Gasteiger partial charge in [0.05, 0.1) is 9.79 Å². The highest BCUT2D eigenvalue weighted by Gasteiger charge is 2.46. The van der Waals surface area contributed by atoms with Crippen molar-refractivity contribution in [3.63, 3.8) is 0 Å². The normalized spacial score (nSPS) is 13.6. The average molecular weight is 289 g/mol. The number of alkyl halides is 3. The molecule has 2 N–H and O–H groups in total. The summed E-state index contributed by atoms with van der Waals surface area (Å²) < 4.78 is 79.8. The first-order valence-corrected chi connectivity index (χ1v) is 6.93. The Kier molecular flexibility index (Phi) is 3.25. The molecule has 17 heavy (non-hydrogen) atoms. The highest BCUT2D eigenvalue weighted by Crippen LogP contribution is 2.30. The summed E-state index contributed by atoms with van der Waals surface area (Å²) in [5.74, 6) is 0. The maximum absolute atomic E-state index is 12.1. The molecular weight excluding hydrogens is 283 g/mol. The van der Waals surface area contributed by atoms with E-state index in [0.29, 0.717) is 24.3 Å². The van der Waals surface area contributed by atoms with Crippen molar-refractivity contribution in [1.29, 1.82) is 0 Å². The summed E-state index contributed by atoms with van der Waals surface area (Å²) in [6.07, 6.45) is 0. The van der Waals surface area contributed by atoms with Crippen molar-refractivity contribution in [3.8, 4) is 0 Å². The average Bonchev–Trinajstić information content (AvgIpc) is 2.15. The number of nitrogens with two attached hydrogens (primary N) is 1. The minimum atomic E-state index is -5.47. The molecule has 0 fully saturated rings. The molecule has 0 radical (unpaired) electrons. The van der Waals surface area contributed by atoms with Crippen LogP contribution in [0.1, 0.15) is 0 Å². The molecule has 1 aromatic carbocycles. The van der Waals surface area contributed by atoms with Crippen molar-refractivity contribution in [2.45, 2.75) is 15.3 Å². The van der Waals surface area contributed by atoms with Crippen LogP contribution in [0.25, 0.3) is 0 Å². The van der Waals surface area contributed by atoms with Gasteiger partial charge in [-0.25, -0.2) is 22.0 Å². The fourth-order valence-electron chi connectivity index (χ4n) is 0.942. The van der Waals surface area contributed by atoms with Crippen molar-refractivity contribution < 1.29 is 30.0 Å². The number of sulfonamides is 1. The van der Waals surface area contributed by atoms with Gasteiger partial charge in [0.25, 0.3) is 9.84 Å². The van der Waals surface area contributed by atoms with Crippen LogP contribution < -0.4 is 5.14 Å². The van der Waals surface area contributed by atoms with Gasteiger partial charge in [0.1, 0.15) is 0 Å². The molecule has 0 aliphatic carbocycles. The minimum absolute atomic E-state index is 0.473. The lowest BCUT2D eigenvalue weighted by molar-refractivity contribution is -0.0436. The zero-order chi connectivity index (χ0) is 13.5. The Morgan fingerprint density at radius 3 is 1.53 bits per heavy atom. The van der Waals surface area contributed by atoms with Gasteiger partial charge in [0.2, 0.25) is 10.0 Å². The zero-order valence-electron chi connectivity index (χ0n) is 7.97. The largest absolute Gasteiger partial charge is 0.501 e. The third-order valence-corrected chi connectivity index (χ3v) is 4.20. The van der Waals surface area contributed by atoms with Gasteiger partial charge in [0, 0.05) is 0 Å². The van der Waals surface area contributed by atoms with Crippen molar-refractivity contribution in [2.75, 3.05) is 0 Å². The summed E-state index contributed by atoms with van der Waals surface area (Å²) in [5.41, 5.74) is -5.43. The number of halogens is 3. The van der Waals surface area contributed by atoms with Crippen LogP contribution in [0, 0.1) is 0 Å². The Morgan fingerprint density at radius 1 is 0.882 bits per heavy atom. The smallest absolute Gasteiger partial charge is 0.225 e. The predicted octanol–water partition coefficient (Wildman–Crippen LogP) is 0.628. The second kappa shape index (κ2) is 3.96. The molecule has 0 spiro atoms. The highest BCUT2D eigenvalue weighted by atomic mass is 32.2. The van der Waals surface area contributed by atoms with E-state index < -0.39 is 35.2 Å². The summed E-state index contributed by atoms with van der Waals surface area (Å²) in [6.45, 7) is 0. The molecule has 0 saturated heterocycles. The first-order chi connectivity index (χ1) is 7.46. The number of hydrogen-bond donors (Lipinski definition) is 1. The number of rotatable bonds is 2. The van der Waals surface area contributed by atoms with Crippen LogP contribution in [0.2, 0.25) is 0 Å². The van der Waals surface area contributed by atoms with Crippen LogP contribution in [-0.2, 0) is 19.9 Å². The van der Waals surface area contributed by atoms with Crippen LogP contribution in [-0.4, -0.2) is 22.3 Å². The minimum Gasteiger partial charge on any atom is -0.225 e. The number of benzene rings is 1. The van der Waals surface area contributed by atoms with Crippen LogP contribution in [0.5, 0.6) is 0 Å². The van der Waals surface area contributed by atoms with Crippen LogP contribution >= 0.6 is 0 Å². The molecule has 0 bridgehead atoms. The number of hydrogen-bond acceptors (Lipinski definition) is 4. The van der Waals surface area contributed by atoms with E-state index in [4.69, 9.17) is 5.14 Å². The van der Waals surface area contributed by atoms with E-state index in [-0.39, 0.29) is 0 Å². The maximum Gasteiger partial charge on any atom is 0.501 e. The Hall–Kier alpha value is -1.13. The van der Waals surface area contributed by atoms with Crippen molar-refractivity contribution >= 4 is 19.9 Å². The van der Waals surface area contributed by atoms with E-state index in [0.717, 1.165) is 0 Å². The number of primary sulfonamides is 1. The van der Waals surface area contributed by atoms with Crippen LogP contribution in [0.3, 0.4) is 0 Å². The molecule has 5 nitrogen and oxygen atoms in total. The topological polar surface area (TPSA) is 94.3 Å². The molecule has 96 valence electrons. The Balaban J connectivity index is 3.31. The molecule has 0 aliphatic rings. The van der Waals surface area contributed by atoms with Gasteiger partial charge in [-0.3, -0.25) is 0 Å². The van der Waals surface area contributed by atoms with Gasteiger partial charge >= 0.3 is 5.51 Å². The summed E-state index contributed by atoms with van der Waals surface area (Å²) in [4.78, 5) is -1.52. The number of sulfone groups is 1. The summed E-state index contributed by atoms with van der Waals surface area (Å²) in [7, 11) is -9.55. The van der Waals surface area contributed by atoms with E-state index in [1.165, 1.54) is 0 Å². The van der Waals surface area contributed by atoms with E-state index in [9.17, 15) is 30.0 Å². The monoisotopic (exact) mass is 289 g/mol. The van der Waals surface area contributed by atoms with Crippen molar-refractivity contribution in [2.24, 2.45) is 5.14 Å². The molecule has 1 aromatic rings. The predicted molar refractivity (Wildman–Crippen MR) is 51.1 cm³/mol.